The SMILES string of the molecule is CC1(C)C(NC(=O)c2ccc(N3CCC(CN4CCC(n5ncc6c(N7CCC(=O)NC7=O)cccc65)CC4)CC3)nc2)C(C)(C)C1Oc1ccc(C#N)c2ncccc12.Cl. The molecular weight excluding hydrogens is 792 g/mol. The molecule has 0 radical (unpaired) electrons. The van der Waals surface area contributed by atoms with Gasteiger partial charge in [-0.05, 0) is 80.1 Å². The Labute approximate surface area is 362 Å². The number of likely N-dealkylation sites (tertiary alicyclic amines) is 1. The zero-order chi connectivity index (χ0) is 41.8. The Hall–Kier alpha value is -5.78. The Morgan fingerprint density at radius 1 is 0.902 bits per heavy atom. The number of nitrogens with zero attached hydrogens (tertiary/aromatic N) is 8. The second-order valence-electron chi connectivity index (χ2n) is 18.1. The van der Waals surface area contributed by atoms with Gasteiger partial charge in [-0.1, -0.05) is 33.8 Å². The molecule has 14 nitrogen and oxygen atoms in total. The molecule has 4 aliphatic rings. The van der Waals surface area contributed by atoms with Crippen molar-refractivity contribution < 1.29 is 19.1 Å². The van der Waals surface area contributed by atoms with Gasteiger partial charge in [-0.2, -0.15) is 10.4 Å². The van der Waals surface area contributed by atoms with Gasteiger partial charge in [-0.15, -0.1) is 12.4 Å². The predicted octanol–water partition coefficient (Wildman–Crippen LogP) is 6.88. The van der Waals surface area contributed by atoms with Crippen LogP contribution >= 0.6 is 12.4 Å². The average molecular weight is 845 g/mol. The number of halogens is 1. The van der Waals surface area contributed by atoms with Gasteiger partial charge in [-0.3, -0.25) is 29.5 Å². The lowest BCUT2D eigenvalue weighted by Gasteiger charge is -2.63. The summed E-state index contributed by atoms with van der Waals surface area (Å²) in [5, 5.41) is 21.8. The van der Waals surface area contributed by atoms with Crippen LogP contribution in [0.5, 0.6) is 5.75 Å². The molecular formula is C46H53ClN10O4. The number of carbonyl (C=O) groups excluding carboxylic acids is 3. The minimum Gasteiger partial charge on any atom is -0.488 e. The minimum absolute atomic E-state index is 0. The topological polar surface area (TPSA) is 162 Å². The van der Waals surface area contributed by atoms with Crippen LogP contribution in [0.25, 0.3) is 21.8 Å². The Morgan fingerprint density at radius 2 is 1.67 bits per heavy atom. The number of ether oxygens (including phenoxy) is 1. The van der Waals surface area contributed by atoms with Crippen molar-refractivity contribution in [2.45, 2.75) is 78.0 Å². The Morgan fingerprint density at radius 3 is 2.38 bits per heavy atom. The molecule has 0 spiro atoms. The molecule has 3 saturated heterocycles. The summed E-state index contributed by atoms with van der Waals surface area (Å²) in [6.45, 7) is 13.8. The van der Waals surface area contributed by atoms with Gasteiger partial charge in [0, 0.05) is 85.7 Å². The molecule has 6 heterocycles. The van der Waals surface area contributed by atoms with Crippen LogP contribution < -0.4 is 25.2 Å². The number of imide groups is 1. The number of nitrogens with one attached hydrogen (secondary N) is 2. The molecule has 3 aromatic heterocycles. The van der Waals surface area contributed by atoms with Crippen LogP contribution in [0, 0.1) is 28.1 Å². The lowest BCUT2D eigenvalue weighted by atomic mass is 9.49. The van der Waals surface area contributed by atoms with E-state index in [9.17, 15) is 19.6 Å². The van der Waals surface area contributed by atoms with E-state index in [0.717, 1.165) is 86.2 Å². The average Bonchev–Trinajstić information content (AvgIpc) is 3.70. The fourth-order valence-corrected chi connectivity index (χ4v) is 10.6. The molecule has 1 aliphatic carbocycles. The first-order valence-electron chi connectivity index (χ1n) is 21.2. The molecule has 0 atom stereocenters. The Kier molecular flexibility index (Phi) is 11.4. The standard InChI is InChI=1S/C46H52N10O4.ClH/c1-45(2)42(46(3,4)43(45)60-37-12-10-30(25-47)40-33(37)7-6-19-48-40)52-41(58)31-11-13-38(49-26-31)54-22-14-29(15-23-54)28-53-20-16-32(17-21-53)56-36-9-5-8-35(34(36)27-50-56)55-24-18-39(57)51-44(55)59;/h5-13,19,26-27,29,32,42-43H,14-18,20-24,28H2,1-4H3,(H,52,58)(H,51,57,59);1H. The van der Waals surface area contributed by atoms with Gasteiger partial charge in [0.05, 0.1) is 40.1 Å². The number of aromatic nitrogens is 4. The lowest BCUT2D eigenvalue weighted by Crippen LogP contribution is -2.74. The summed E-state index contributed by atoms with van der Waals surface area (Å²) in [6, 6.07) is 19.2. The number of fused-ring (bicyclic) bond motifs is 2. The summed E-state index contributed by atoms with van der Waals surface area (Å²) in [7, 11) is 0. The second kappa shape index (κ2) is 16.6. The maximum absolute atomic E-state index is 13.6. The van der Waals surface area contributed by atoms with Gasteiger partial charge in [-0.25, -0.2) is 9.78 Å². The van der Waals surface area contributed by atoms with Gasteiger partial charge >= 0.3 is 6.03 Å². The van der Waals surface area contributed by atoms with Gasteiger partial charge in [0.25, 0.3) is 5.91 Å². The Balaban J connectivity index is 0.00000514. The number of nitriles is 1. The molecule has 0 unspecified atom stereocenters. The van der Waals surface area contributed by atoms with E-state index in [-0.39, 0.29) is 59.6 Å². The van der Waals surface area contributed by atoms with Crippen molar-refractivity contribution in [1.82, 2.24) is 35.3 Å². The molecule has 5 aromatic rings. The molecule has 2 aromatic carbocycles. The van der Waals surface area contributed by atoms with Crippen LogP contribution in [0.2, 0.25) is 0 Å². The molecule has 3 aliphatic heterocycles. The minimum atomic E-state index is -0.380. The van der Waals surface area contributed by atoms with Gasteiger partial charge < -0.3 is 19.9 Å². The summed E-state index contributed by atoms with van der Waals surface area (Å²) in [5.74, 6) is 1.81. The number of hydrogen-bond acceptors (Lipinski definition) is 10. The molecule has 2 N–H and O–H groups in total. The molecule has 61 heavy (non-hydrogen) atoms. The van der Waals surface area contributed by atoms with Crippen LogP contribution in [0.15, 0.2) is 73.2 Å². The first-order chi connectivity index (χ1) is 28.9. The number of rotatable bonds is 9. The Bertz CT molecular complexity index is 2480. The first-order valence-corrected chi connectivity index (χ1v) is 21.2. The number of carbonyl (C=O) groups is 3. The highest BCUT2D eigenvalue weighted by Crippen LogP contribution is 2.56. The highest BCUT2D eigenvalue weighted by atomic mass is 35.5. The van der Waals surface area contributed by atoms with Crippen molar-refractivity contribution in [3.05, 3.63) is 84.3 Å². The summed E-state index contributed by atoms with van der Waals surface area (Å²) in [4.78, 5) is 53.6. The first kappa shape index (κ1) is 41.9. The van der Waals surface area contributed by atoms with Crippen molar-refractivity contribution in [3.63, 3.8) is 0 Å². The van der Waals surface area contributed by atoms with E-state index in [2.05, 4.69) is 69.9 Å². The third-order valence-electron chi connectivity index (χ3n) is 13.5. The number of benzene rings is 2. The molecule has 9 rings (SSSR count). The largest absolute Gasteiger partial charge is 0.488 e. The summed E-state index contributed by atoms with van der Waals surface area (Å²) in [5.41, 5.74) is 2.74. The van der Waals surface area contributed by atoms with Crippen LogP contribution in [0.4, 0.5) is 16.3 Å². The van der Waals surface area contributed by atoms with E-state index in [0.29, 0.717) is 40.9 Å². The molecule has 4 fully saturated rings. The number of piperidine rings is 2. The zero-order valence-corrected chi connectivity index (χ0v) is 36.0. The highest BCUT2D eigenvalue weighted by Gasteiger charge is 2.64. The summed E-state index contributed by atoms with van der Waals surface area (Å²) < 4.78 is 8.79. The number of urea groups is 1. The number of amides is 4. The predicted molar refractivity (Wildman–Crippen MR) is 236 cm³/mol. The monoisotopic (exact) mass is 844 g/mol. The van der Waals surface area contributed by atoms with Crippen LogP contribution in [-0.4, -0.2) is 93.9 Å². The number of pyridine rings is 2. The zero-order valence-electron chi connectivity index (χ0n) is 35.1. The third-order valence-corrected chi connectivity index (χ3v) is 13.5. The second-order valence-corrected chi connectivity index (χ2v) is 18.1. The van der Waals surface area contributed by atoms with Crippen molar-refractivity contribution in [2.24, 2.45) is 16.7 Å². The summed E-state index contributed by atoms with van der Waals surface area (Å²) in [6.07, 6.45) is 9.55. The van der Waals surface area contributed by atoms with Crippen LogP contribution in [-0.2, 0) is 4.79 Å². The van der Waals surface area contributed by atoms with Gasteiger partial charge in [0.2, 0.25) is 5.91 Å². The smallest absolute Gasteiger partial charge is 0.328 e. The van der Waals surface area contributed by atoms with Crippen molar-refractivity contribution in [2.75, 3.05) is 49.1 Å². The van der Waals surface area contributed by atoms with E-state index >= 15 is 0 Å². The number of hydrogen-bond donors (Lipinski definition) is 2. The highest BCUT2D eigenvalue weighted by molar-refractivity contribution is 6.09. The third kappa shape index (κ3) is 7.74. The van der Waals surface area contributed by atoms with Gasteiger partial charge in [0.1, 0.15) is 23.7 Å². The van der Waals surface area contributed by atoms with E-state index < -0.39 is 0 Å². The quantitative estimate of drug-likeness (QED) is 0.160. The van der Waals surface area contributed by atoms with E-state index in [4.69, 9.17) is 14.8 Å². The van der Waals surface area contributed by atoms with E-state index in [1.165, 1.54) is 0 Å². The maximum atomic E-state index is 13.6. The molecule has 4 amide bonds. The fraction of sp³-hybridized carbons (Fsp3) is 0.457. The van der Waals surface area contributed by atoms with Crippen LogP contribution in [0.1, 0.15) is 81.8 Å². The maximum Gasteiger partial charge on any atom is 0.328 e. The normalized spacial score (nSPS) is 22.0. The molecule has 1 saturated carbocycles. The number of anilines is 2. The summed E-state index contributed by atoms with van der Waals surface area (Å²) >= 11 is 0. The van der Waals surface area contributed by atoms with E-state index in [1.54, 1.807) is 23.4 Å². The molecule has 318 valence electrons. The van der Waals surface area contributed by atoms with Crippen molar-refractivity contribution in [3.8, 4) is 11.8 Å². The van der Waals surface area contributed by atoms with Crippen molar-refractivity contribution in [1.29, 1.82) is 5.26 Å². The fourth-order valence-electron chi connectivity index (χ4n) is 10.6. The van der Waals surface area contributed by atoms with Gasteiger partial charge in [0.15, 0.2) is 0 Å². The van der Waals surface area contributed by atoms with E-state index in [1.807, 2.05) is 48.7 Å². The molecule has 0 bridgehead atoms. The lowest BCUT2D eigenvalue weighted by molar-refractivity contribution is -0.163. The molecule has 15 heteroatoms. The van der Waals surface area contributed by atoms with Crippen LogP contribution in [0.3, 0.4) is 0 Å². The van der Waals surface area contributed by atoms with Crippen molar-refractivity contribution >= 4 is 63.6 Å².